The summed E-state index contributed by atoms with van der Waals surface area (Å²) < 4.78 is 10.3. The average Bonchev–Trinajstić information content (AvgIpc) is 2.98. The lowest BCUT2D eigenvalue weighted by atomic mass is 10.2. The van der Waals surface area contributed by atoms with Crippen molar-refractivity contribution >= 4 is 34.1 Å². The largest absolute Gasteiger partial charge is 0.497 e. The second-order valence-electron chi connectivity index (χ2n) is 4.94. The lowest BCUT2D eigenvalue weighted by molar-refractivity contribution is 0.102. The van der Waals surface area contributed by atoms with Crippen LogP contribution in [0.15, 0.2) is 42.5 Å². The maximum Gasteiger partial charge on any atom is 0.272 e. The van der Waals surface area contributed by atoms with Crippen LogP contribution in [0.4, 0.5) is 5.69 Å². The van der Waals surface area contributed by atoms with Crippen molar-refractivity contribution in [3.05, 3.63) is 53.2 Å². The fourth-order valence-electron chi connectivity index (χ4n) is 2.30. The van der Waals surface area contributed by atoms with Crippen LogP contribution in [-0.2, 0) is 0 Å². The first-order valence-corrected chi connectivity index (χ1v) is 7.30. The second kappa shape index (κ2) is 6.22. The van der Waals surface area contributed by atoms with Crippen LogP contribution in [0.3, 0.4) is 0 Å². The van der Waals surface area contributed by atoms with E-state index in [1.807, 2.05) is 18.2 Å². The van der Waals surface area contributed by atoms with Crippen LogP contribution in [0.5, 0.6) is 11.5 Å². The predicted molar refractivity (Wildman–Crippen MR) is 90.8 cm³/mol. The van der Waals surface area contributed by atoms with Gasteiger partial charge in [-0.1, -0.05) is 11.6 Å². The molecule has 0 atom stereocenters. The molecular formula is C17H15ClN2O3. The topological polar surface area (TPSA) is 63.4 Å². The molecule has 23 heavy (non-hydrogen) atoms. The number of carbonyl (C=O) groups excluding carboxylic acids is 1. The maximum atomic E-state index is 12.4. The molecule has 1 aromatic heterocycles. The van der Waals surface area contributed by atoms with Crippen LogP contribution in [0.2, 0.25) is 5.02 Å². The molecule has 0 unspecified atom stereocenters. The molecule has 0 saturated heterocycles. The van der Waals surface area contributed by atoms with Gasteiger partial charge in [0.15, 0.2) is 0 Å². The van der Waals surface area contributed by atoms with Gasteiger partial charge in [-0.25, -0.2) is 0 Å². The highest BCUT2D eigenvalue weighted by Gasteiger charge is 2.11. The summed E-state index contributed by atoms with van der Waals surface area (Å²) in [5.74, 6) is 1.04. The molecule has 1 amide bonds. The van der Waals surface area contributed by atoms with E-state index in [1.165, 1.54) is 7.11 Å². The molecule has 0 bridgehead atoms. The van der Waals surface area contributed by atoms with E-state index in [0.717, 1.165) is 16.7 Å². The third kappa shape index (κ3) is 3.10. The summed E-state index contributed by atoms with van der Waals surface area (Å²) >= 11 is 6.06. The molecule has 0 spiro atoms. The van der Waals surface area contributed by atoms with Crippen LogP contribution in [-0.4, -0.2) is 25.1 Å². The minimum absolute atomic E-state index is 0.249. The Bertz CT molecular complexity index is 873. The minimum atomic E-state index is -0.249. The molecule has 0 saturated carbocycles. The number of rotatable bonds is 4. The molecule has 0 aliphatic rings. The Morgan fingerprint density at radius 3 is 2.61 bits per heavy atom. The highest BCUT2D eigenvalue weighted by atomic mass is 35.5. The average molecular weight is 331 g/mol. The molecular weight excluding hydrogens is 316 g/mol. The van der Waals surface area contributed by atoms with Crippen LogP contribution < -0.4 is 14.8 Å². The Morgan fingerprint density at radius 1 is 1.09 bits per heavy atom. The number of halogens is 1. The van der Waals surface area contributed by atoms with Crippen molar-refractivity contribution in [3.8, 4) is 11.5 Å². The molecule has 118 valence electrons. The fourth-order valence-corrected chi connectivity index (χ4v) is 2.56. The van der Waals surface area contributed by atoms with E-state index in [0.29, 0.717) is 22.2 Å². The van der Waals surface area contributed by atoms with Crippen molar-refractivity contribution in [1.29, 1.82) is 0 Å². The summed E-state index contributed by atoms with van der Waals surface area (Å²) in [6.07, 6.45) is 0. The number of aromatic amines is 1. The number of carbonyl (C=O) groups is 1. The zero-order valence-electron chi connectivity index (χ0n) is 12.6. The number of anilines is 1. The summed E-state index contributed by atoms with van der Waals surface area (Å²) in [5.41, 5.74) is 1.89. The van der Waals surface area contributed by atoms with Crippen LogP contribution in [0.1, 0.15) is 10.5 Å². The lowest BCUT2D eigenvalue weighted by Crippen LogP contribution is -2.12. The first-order chi connectivity index (χ1) is 11.1. The van der Waals surface area contributed by atoms with Gasteiger partial charge in [0.25, 0.3) is 5.91 Å². The van der Waals surface area contributed by atoms with Gasteiger partial charge in [0.1, 0.15) is 17.2 Å². The first kappa shape index (κ1) is 15.2. The smallest absolute Gasteiger partial charge is 0.272 e. The zero-order valence-corrected chi connectivity index (χ0v) is 13.4. The Morgan fingerprint density at radius 2 is 1.91 bits per heavy atom. The van der Waals surface area contributed by atoms with Crippen molar-refractivity contribution in [1.82, 2.24) is 4.98 Å². The van der Waals surface area contributed by atoms with E-state index < -0.39 is 0 Å². The molecule has 2 aromatic carbocycles. The van der Waals surface area contributed by atoms with Gasteiger partial charge < -0.3 is 19.8 Å². The van der Waals surface area contributed by atoms with Gasteiger partial charge in [-0.15, -0.1) is 0 Å². The normalized spacial score (nSPS) is 10.6. The first-order valence-electron chi connectivity index (χ1n) is 6.92. The maximum absolute atomic E-state index is 12.4. The molecule has 2 N–H and O–H groups in total. The molecule has 3 rings (SSSR count). The summed E-state index contributed by atoms with van der Waals surface area (Å²) in [4.78, 5) is 15.4. The van der Waals surface area contributed by atoms with Gasteiger partial charge >= 0.3 is 0 Å². The number of H-pyrrole nitrogens is 1. The third-order valence-electron chi connectivity index (χ3n) is 3.48. The number of ether oxygens (including phenoxy) is 2. The summed E-state index contributed by atoms with van der Waals surface area (Å²) in [6, 6.07) is 12.4. The number of hydrogen-bond acceptors (Lipinski definition) is 3. The molecule has 0 fully saturated rings. The van der Waals surface area contributed by atoms with Crippen molar-refractivity contribution in [2.24, 2.45) is 0 Å². The minimum Gasteiger partial charge on any atom is -0.497 e. The zero-order chi connectivity index (χ0) is 16.4. The second-order valence-corrected chi connectivity index (χ2v) is 5.35. The van der Waals surface area contributed by atoms with Gasteiger partial charge in [0.05, 0.1) is 19.2 Å². The Hall–Kier alpha value is -2.66. The lowest BCUT2D eigenvalue weighted by Gasteiger charge is -2.07. The highest BCUT2D eigenvalue weighted by Crippen LogP contribution is 2.27. The van der Waals surface area contributed by atoms with E-state index in [9.17, 15) is 4.79 Å². The molecule has 1 heterocycles. The van der Waals surface area contributed by atoms with E-state index >= 15 is 0 Å². The summed E-state index contributed by atoms with van der Waals surface area (Å²) in [6.45, 7) is 0. The standard InChI is InChI=1S/C17H15ClN2O3/c1-22-12-5-3-10-7-15(20-14(10)9-12)17(21)19-11-4-6-16(23-2)13(18)8-11/h3-9,20H,1-2H3,(H,19,21). The van der Waals surface area contributed by atoms with Crippen molar-refractivity contribution in [2.45, 2.75) is 0 Å². The number of benzene rings is 2. The number of amides is 1. The van der Waals surface area contributed by atoms with Crippen LogP contribution in [0, 0.1) is 0 Å². The van der Waals surface area contributed by atoms with Crippen molar-refractivity contribution < 1.29 is 14.3 Å². The summed E-state index contributed by atoms with van der Waals surface area (Å²) in [7, 11) is 3.14. The van der Waals surface area contributed by atoms with Gasteiger partial charge in [-0.3, -0.25) is 4.79 Å². The van der Waals surface area contributed by atoms with Crippen molar-refractivity contribution in [2.75, 3.05) is 19.5 Å². The molecule has 6 heteroatoms. The van der Waals surface area contributed by atoms with Gasteiger partial charge in [-0.05, 0) is 36.4 Å². The van der Waals surface area contributed by atoms with Gasteiger partial charge in [0.2, 0.25) is 0 Å². The molecule has 0 radical (unpaired) electrons. The number of fused-ring (bicyclic) bond motifs is 1. The fraction of sp³-hybridized carbons (Fsp3) is 0.118. The SMILES string of the molecule is COc1ccc2cc(C(=O)Nc3ccc(OC)c(Cl)c3)[nH]c2c1. The van der Waals surface area contributed by atoms with Gasteiger partial charge in [0, 0.05) is 22.7 Å². The monoisotopic (exact) mass is 330 g/mol. The highest BCUT2D eigenvalue weighted by molar-refractivity contribution is 6.32. The number of nitrogens with one attached hydrogen (secondary N) is 2. The van der Waals surface area contributed by atoms with E-state index in [-0.39, 0.29) is 5.91 Å². The Kier molecular flexibility index (Phi) is 4.12. The third-order valence-corrected chi connectivity index (χ3v) is 3.78. The molecule has 0 aliphatic heterocycles. The van der Waals surface area contributed by atoms with Gasteiger partial charge in [-0.2, -0.15) is 0 Å². The molecule has 0 aliphatic carbocycles. The molecule has 5 nitrogen and oxygen atoms in total. The summed E-state index contributed by atoms with van der Waals surface area (Å²) in [5, 5.41) is 4.17. The Balaban J connectivity index is 1.84. The number of hydrogen-bond donors (Lipinski definition) is 2. The quantitative estimate of drug-likeness (QED) is 0.757. The number of methoxy groups -OCH3 is 2. The number of aromatic nitrogens is 1. The van der Waals surface area contributed by atoms with E-state index in [2.05, 4.69) is 10.3 Å². The van der Waals surface area contributed by atoms with Crippen molar-refractivity contribution in [3.63, 3.8) is 0 Å². The predicted octanol–water partition coefficient (Wildman–Crippen LogP) is 4.09. The van der Waals surface area contributed by atoms with E-state index in [4.69, 9.17) is 21.1 Å². The Labute approximate surface area is 138 Å². The van der Waals surface area contributed by atoms with E-state index in [1.54, 1.807) is 31.4 Å². The van der Waals surface area contributed by atoms with Crippen LogP contribution >= 0.6 is 11.6 Å². The molecule has 3 aromatic rings. The van der Waals surface area contributed by atoms with Crippen LogP contribution in [0.25, 0.3) is 10.9 Å².